The number of allylic oxidation sites excluding steroid dienone is 2. The Balaban J connectivity index is 1.56. The zero-order valence-electron chi connectivity index (χ0n) is 16.6. The first-order valence-corrected chi connectivity index (χ1v) is 10.7. The van der Waals surface area contributed by atoms with Crippen molar-refractivity contribution in [3.05, 3.63) is 82.5 Å². The average molecular weight is 462 g/mol. The lowest BCUT2D eigenvalue weighted by molar-refractivity contribution is -0.117. The zero-order valence-corrected chi connectivity index (χ0v) is 18.1. The first-order valence-electron chi connectivity index (χ1n) is 9.96. The number of carbonyl (C=O) groups is 1. The highest BCUT2D eigenvalue weighted by Crippen LogP contribution is 2.39. The molecule has 2 aromatic rings. The molecule has 31 heavy (non-hydrogen) atoms. The maximum Gasteiger partial charge on any atom is 0.226 e. The molecule has 2 aliphatic heterocycles. The third kappa shape index (κ3) is 5.03. The fraction of sp³-hybridized carbons (Fsp3) is 0.261. The Bertz CT molecular complexity index is 982. The predicted octanol–water partition coefficient (Wildman–Crippen LogP) is 4.92. The number of para-hydroxylation sites is 1. The summed E-state index contributed by atoms with van der Waals surface area (Å²) in [4.78, 5) is 14.8. The highest BCUT2D eigenvalue weighted by atomic mass is 35.5. The molecule has 0 bridgehead atoms. The van der Waals surface area contributed by atoms with Crippen LogP contribution >= 0.6 is 23.2 Å². The Morgan fingerprint density at radius 2 is 1.87 bits per heavy atom. The lowest BCUT2D eigenvalue weighted by atomic mass is 9.97. The highest BCUT2D eigenvalue weighted by molar-refractivity contribution is 6.35. The minimum atomic E-state index is -0.543. The summed E-state index contributed by atoms with van der Waals surface area (Å²) in [6, 6.07) is 16.3. The third-order valence-electron chi connectivity index (χ3n) is 5.25. The lowest BCUT2D eigenvalue weighted by Gasteiger charge is -2.31. The molecule has 0 saturated carbocycles. The molecule has 1 amide bonds. The lowest BCUT2D eigenvalue weighted by Crippen LogP contribution is -2.38. The molecule has 4 rings (SSSR count). The zero-order chi connectivity index (χ0) is 21.8. The number of hydrogen-bond acceptors (Lipinski definition) is 4. The smallest absolute Gasteiger partial charge is 0.226 e. The number of hydrogen-bond donors (Lipinski definition) is 2. The van der Waals surface area contributed by atoms with Gasteiger partial charge in [0.05, 0.1) is 22.1 Å². The number of ether oxygens (including phenoxy) is 1. The minimum absolute atomic E-state index is 0.0167. The molecule has 0 aromatic heterocycles. The Morgan fingerprint density at radius 1 is 1.13 bits per heavy atom. The Hall–Kier alpha value is -2.54. The van der Waals surface area contributed by atoms with Crippen molar-refractivity contribution in [3.63, 3.8) is 0 Å². The maximum atomic E-state index is 12.8. The van der Waals surface area contributed by atoms with E-state index in [9.17, 15) is 9.18 Å². The summed E-state index contributed by atoms with van der Waals surface area (Å²) in [6.07, 6.45) is 3.47. The summed E-state index contributed by atoms with van der Waals surface area (Å²) in [6.45, 7) is -0.526. The van der Waals surface area contributed by atoms with E-state index >= 15 is 0 Å². The van der Waals surface area contributed by atoms with Gasteiger partial charge in [-0.15, -0.1) is 0 Å². The van der Waals surface area contributed by atoms with Crippen LogP contribution in [0.5, 0.6) is 5.75 Å². The van der Waals surface area contributed by atoms with Gasteiger partial charge in [-0.3, -0.25) is 10.1 Å². The van der Waals surface area contributed by atoms with Crippen molar-refractivity contribution in [2.45, 2.75) is 24.7 Å². The van der Waals surface area contributed by atoms with Crippen LogP contribution in [0.3, 0.4) is 0 Å². The van der Waals surface area contributed by atoms with Crippen LogP contribution in [-0.4, -0.2) is 36.3 Å². The summed E-state index contributed by atoms with van der Waals surface area (Å²) in [7, 11) is 0. The van der Waals surface area contributed by atoms with Gasteiger partial charge in [0.15, 0.2) is 0 Å². The number of fused-ring (bicyclic) bond motifs is 1. The molecule has 8 heteroatoms. The van der Waals surface area contributed by atoms with Crippen molar-refractivity contribution < 1.29 is 13.9 Å². The van der Waals surface area contributed by atoms with E-state index in [0.29, 0.717) is 15.8 Å². The van der Waals surface area contributed by atoms with Crippen molar-refractivity contribution in [2.75, 3.05) is 18.6 Å². The number of anilines is 1. The van der Waals surface area contributed by atoms with Gasteiger partial charge in [0, 0.05) is 18.3 Å². The van der Waals surface area contributed by atoms with Crippen LogP contribution in [-0.2, 0) is 4.79 Å². The average Bonchev–Trinajstić information content (AvgIpc) is 3.11. The molecule has 2 aromatic carbocycles. The Labute approximate surface area is 190 Å². The van der Waals surface area contributed by atoms with Gasteiger partial charge in [-0.1, -0.05) is 53.5 Å². The number of nitrogens with one attached hydrogen (secondary N) is 2. The largest absolute Gasteiger partial charge is 0.491 e. The molecule has 2 N–H and O–H groups in total. The van der Waals surface area contributed by atoms with Crippen molar-refractivity contribution in [3.8, 4) is 5.75 Å². The van der Waals surface area contributed by atoms with E-state index in [0.717, 1.165) is 11.3 Å². The number of alkyl halides is 1. The molecule has 162 valence electrons. The van der Waals surface area contributed by atoms with Crippen LogP contribution in [0.4, 0.5) is 10.1 Å². The van der Waals surface area contributed by atoms with E-state index in [1.165, 1.54) is 0 Å². The van der Waals surface area contributed by atoms with Crippen molar-refractivity contribution in [2.24, 2.45) is 0 Å². The molecule has 1 saturated heterocycles. The minimum Gasteiger partial charge on any atom is -0.491 e. The van der Waals surface area contributed by atoms with Gasteiger partial charge in [0.25, 0.3) is 0 Å². The summed E-state index contributed by atoms with van der Waals surface area (Å²) in [5, 5.41) is 7.51. The van der Waals surface area contributed by atoms with Crippen LogP contribution in [0.2, 0.25) is 0 Å². The third-order valence-corrected chi connectivity index (χ3v) is 5.77. The molecular weight excluding hydrogens is 440 g/mol. The standard InChI is InChI=1S/C23H22Cl2FN3O2/c24-16-12-19(25)23-28-22(15-6-8-18(9-7-15)31-11-10-26)20(29(23)14-16)13-21(30)27-17-4-2-1-3-5-17/h1-9,12,14,20,22-23,28H,10-11,13H2,(H,27,30). The van der Waals surface area contributed by atoms with Gasteiger partial charge in [-0.05, 0) is 35.9 Å². The second-order valence-electron chi connectivity index (χ2n) is 7.33. The van der Waals surface area contributed by atoms with Gasteiger partial charge in [0.2, 0.25) is 5.91 Å². The van der Waals surface area contributed by atoms with Gasteiger partial charge < -0.3 is 15.0 Å². The number of rotatable bonds is 7. The number of nitrogens with zero attached hydrogens (tertiary/aromatic N) is 1. The molecule has 0 spiro atoms. The van der Waals surface area contributed by atoms with E-state index < -0.39 is 6.67 Å². The number of halogens is 3. The predicted molar refractivity (Wildman–Crippen MR) is 121 cm³/mol. The fourth-order valence-electron chi connectivity index (χ4n) is 3.91. The second kappa shape index (κ2) is 9.73. The molecule has 0 aliphatic carbocycles. The van der Waals surface area contributed by atoms with Crippen LogP contribution in [0.25, 0.3) is 0 Å². The second-order valence-corrected chi connectivity index (χ2v) is 8.20. The van der Waals surface area contributed by atoms with Gasteiger partial charge in [-0.2, -0.15) is 0 Å². The number of benzene rings is 2. The first-order chi connectivity index (χ1) is 15.0. The van der Waals surface area contributed by atoms with E-state index in [1.807, 2.05) is 53.6 Å². The van der Waals surface area contributed by atoms with E-state index in [-0.39, 0.29) is 37.2 Å². The molecular formula is C23H22Cl2FN3O2. The van der Waals surface area contributed by atoms with Crippen molar-refractivity contribution in [1.82, 2.24) is 10.2 Å². The van der Waals surface area contributed by atoms with E-state index in [2.05, 4.69) is 10.6 Å². The van der Waals surface area contributed by atoms with Crippen LogP contribution in [0.1, 0.15) is 18.0 Å². The quantitative estimate of drug-likeness (QED) is 0.614. The van der Waals surface area contributed by atoms with E-state index in [4.69, 9.17) is 27.9 Å². The fourth-order valence-corrected chi connectivity index (χ4v) is 4.49. The topological polar surface area (TPSA) is 53.6 Å². The molecule has 2 aliphatic rings. The van der Waals surface area contributed by atoms with E-state index in [1.54, 1.807) is 18.2 Å². The molecule has 3 unspecified atom stereocenters. The molecule has 5 nitrogen and oxygen atoms in total. The van der Waals surface area contributed by atoms with Gasteiger partial charge in [0.1, 0.15) is 25.2 Å². The van der Waals surface area contributed by atoms with Crippen LogP contribution in [0.15, 0.2) is 76.9 Å². The SMILES string of the molecule is O=C(CC1C(c2ccc(OCCF)cc2)NC2C(Cl)=CC(Cl)=CN21)Nc1ccccc1. The normalized spacial score (nSPS) is 22.4. The van der Waals surface area contributed by atoms with Gasteiger partial charge >= 0.3 is 0 Å². The summed E-state index contributed by atoms with van der Waals surface area (Å²) >= 11 is 12.7. The van der Waals surface area contributed by atoms with Crippen LogP contribution < -0.4 is 15.4 Å². The maximum absolute atomic E-state index is 12.8. The van der Waals surface area contributed by atoms with Crippen LogP contribution in [0, 0.1) is 0 Å². The summed E-state index contributed by atoms with van der Waals surface area (Å²) in [5.41, 5.74) is 1.71. The first kappa shape index (κ1) is 21.7. The number of carbonyl (C=O) groups excluding carboxylic acids is 1. The van der Waals surface area contributed by atoms with Gasteiger partial charge in [-0.25, -0.2) is 4.39 Å². The molecule has 3 atom stereocenters. The molecule has 1 fully saturated rings. The summed E-state index contributed by atoms with van der Waals surface area (Å²) < 4.78 is 17.7. The van der Waals surface area contributed by atoms with Crippen molar-refractivity contribution >= 4 is 34.8 Å². The number of amides is 1. The van der Waals surface area contributed by atoms with Crippen molar-refractivity contribution in [1.29, 1.82) is 0 Å². The highest BCUT2D eigenvalue weighted by Gasteiger charge is 2.43. The molecule has 2 heterocycles. The monoisotopic (exact) mass is 461 g/mol. The molecule has 0 radical (unpaired) electrons. The summed E-state index contributed by atoms with van der Waals surface area (Å²) in [5.74, 6) is 0.484. The Morgan fingerprint density at radius 3 is 2.58 bits per heavy atom. The Kier molecular flexibility index (Phi) is 6.80.